The number of carbonyl (C=O) groups excluding carboxylic acids is 1. The second kappa shape index (κ2) is 6.26. The molecule has 1 saturated carbocycles. The van der Waals surface area contributed by atoms with Gasteiger partial charge in [-0.05, 0) is 32.1 Å². The predicted molar refractivity (Wildman–Crippen MR) is 89.7 cm³/mol. The van der Waals surface area contributed by atoms with E-state index in [0.29, 0.717) is 12.0 Å². The maximum absolute atomic E-state index is 12.4. The second-order valence-corrected chi connectivity index (χ2v) is 6.86. The third-order valence-corrected chi connectivity index (χ3v) is 5.09. The van der Waals surface area contributed by atoms with Crippen molar-refractivity contribution < 1.29 is 4.79 Å². The van der Waals surface area contributed by atoms with E-state index in [0.717, 1.165) is 51.3 Å². The molecule has 3 aliphatic rings. The standard InChI is InChI=1S/C17H25N5O/c23-17(18-14-4-2-1-3-5-14)22-10-8-21(9-11-22)16-12-15(19-20-16)13-6-7-13/h1-2,12-14H,3-11H2,(H,18,23)(H,19,20)/t14-/m1/s1. The molecule has 2 aliphatic carbocycles. The zero-order valence-electron chi connectivity index (χ0n) is 13.5. The molecule has 6 heteroatoms. The number of rotatable bonds is 3. The molecule has 23 heavy (non-hydrogen) atoms. The number of allylic oxidation sites excluding steroid dienone is 1. The van der Waals surface area contributed by atoms with Gasteiger partial charge < -0.3 is 15.1 Å². The number of urea groups is 1. The molecular formula is C17H25N5O. The van der Waals surface area contributed by atoms with Crippen molar-refractivity contribution >= 4 is 11.8 Å². The van der Waals surface area contributed by atoms with Crippen LogP contribution >= 0.6 is 0 Å². The Morgan fingerprint density at radius 3 is 2.70 bits per heavy atom. The van der Waals surface area contributed by atoms with Gasteiger partial charge in [-0.15, -0.1) is 0 Å². The Labute approximate surface area is 136 Å². The van der Waals surface area contributed by atoms with Crippen LogP contribution in [0.15, 0.2) is 18.2 Å². The smallest absolute Gasteiger partial charge is 0.317 e. The highest BCUT2D eigenvalue weighted by Crippen LogP contribution is 2.39. The molecule has 1 atom stereocenters. The number of hydrogen-bond acceptors (Lipinski definition) is 3. The minimum atomic E-state index is 0.0886. The predicted octanol–water partition coefficient (Wildman–Crippen LogP) is 2.23. The fourth-order valence-corrected chi connectivity index (χ4v) is 3.42. The van der Waals surface area contributed by atoms with Gasteiger partial charge in [0.05, 0.1) is 0 Å². The van der Waals surface area contributed by atoms with Crippen molar-refractivity contribution in [2.45, 2.75) is 44.1 Å². The molecule has 0 unspecified atom stereocenters. The number of hydrogen-bond donors (Lipinski definition) is 2. The van der Waals surface area contributed by atoms with Crippen molar-refractivity contribution in [3.63, 3.8) is 0 Å². The van der Waals surface area contributed by atoms with Crippen LogP contribution in [0.25, 0.3) is 0 Å². The van der Waals surface area contributed by atoms with E-state index in [1.165, 1.54) is 18.5 Å². The van der Waals surface area contributed by atoms with Gasteiger partial charge in [-0.3, -0.25) is 5.10 Å². The van der Waals surface area contributed by atoms with Crippen LogP contribution in [0.2, 0.25) is 0 Å². The number of piperazine rings is 1. The Balaban J connectivity index is 1.27. The Morgan fingerprint density at radius 1 is 1.17 bits per heavy atom. The third-order valence-electron chi connectivity index (χ3n) is 5.09. The highest BCUT2D eigenvalue weighted by Gasteiger charge is 2.28. The van der Waals surface area contributed by atoms with Gasteiger partial charge in [-0.2, -0.15) is 5.10 Å². The van der Waals surface area contributed by atoms with E-state index in [1.54, 1.807) is 0 Å². The van der Waals surface area contributed by atoms with Crippen LogP contribution in [-0.4, -0.2) is 53.3 Å². The van der Waals surface area contributed by atoms with Crippen molar-refractivity contribution in [1.29, 1.82) is 0 Å². The van der Waals surface area contributed by atoms with E-state index in [-0.39, 0.29) is 6.03 Å². The molecule has 0 aromatic carbocycles. The molecule has 1 aliphatic heterocycles. The Hall–Kier alpha value is -1.98. The minimum Gasteiger partial charge on any atom is -0.352 e. The zero-order chi connectivity index (χ0) is 15.6. The van der Waals surface area contributed by atoms with Crippen molar-refractivity contribution in [2.24, 2.45) is 0 Å². The molecule has 2 fully saturated rings. The lowest BCUT2D eigenvalue weighted by atomic mass is 10.0. The number of amides is 2. The number of aromatic nitrogens is 2. The van der Waals surface area contributed by atoms with Gasteiger partial charge in [-0.1, -0.05) is 12.2 Å². The first-order valence-electron chi connectivity index (χ1n) is 8.80. The summed E-state index contributed by atoms with van der Waals surface area (Å²) in [5.74, 6) is 1.73. The maximum Gasteiger partial charge on any atom is 0.317 e. The van der Waals surface area contributed by atoms with Crippen LogP contribution in [0, 0.1) is 0 Å². The molecular weight excluding hydrogens is 290 g/mol. The van der Waals surface area contributed by atoms with Gasteiger partial charge >= 0.3 is 6.03 Å². The number of H-pyrrole nitrogens is 1. The number of nitrogens with zero attached hydrogens (tertiary/aromatic N) is 3. The molecule has 0 radical (unpaired) electrons. The highest BCUT2D eigenvalue weighted by molar-refractivity contribution is 5.75. The Kier molecular flexibility index (Phi) is 3.97. The van der Waals surface area contributed by atoms with E-state index >= 15 is 0 Å². The van der Waals surface area contributed by atoms with E-state index in [2.05, 4.69) is 38.6 Å². The molecule has 1 saturated heterocycles. The lowest BCUT2D eigenvalue weighted by molar-refractivity contribution is 0.189. The third kappa shape index (κ3) is 3.35. The molecule has 6 nitrogen and oxygen atoms in total. The summed E-state index contributed by atoms with van der Waals surface area (Å²) in [6.45, 7) is 3.24. The van der Waals surface area contributed by atoms with Gasteiger partial charge in [-0.25, -0.2) is 4.79 Å². The molecule has 1 aromatic rings. The molecule has 2 heterocycles. The SMILES string of the molecule is O=C(N[C@@H]1CC=CCC1)N1CCN(c2cc(C3CC3)[nH]n2)CC1. The van der Waals surface area contributed by atoms with Crippen LogP contribution in [0.3, 0.4) is 0 Å². The topological polar surface area (TPSA) is 64.3 Å². The number of aromatic amines is 1. The molecule has 1 aromatic heterocycles. The Morgan fingerprint density at radius 2 is 2.00 bits per heavy atom. The number of nitrogens with one attached hydrogen (secondary N) is 2. The van der Waals surface area contributed by atoms with E-state index in [9.17, 15) is 4.79 Å². The molecule has 4 rings (SSSR count). The van der Waals surface area contributed by atoms with E-state index in [1.807, 2.05) is 4.90 Å². The second-order valence-electron chi connectivity index (χ2n) is 6.86. The summed E-state index contributed by atoms with van der Waals surface area (Å²) in [6, 6.07) is 2.57. The van der Waals surface area contributed by atoms with E-state index in [4.69, 9.17) is 0 Å². The quantitative estimate of drug-likeness (QED) is 0.841. The van der Waals surface area contributed by atoms with E-state index < -0.39 is 0 Å². The highest BCUT2D eigenvalue weighted by atomic mass is 16.2. The molecule has 0 spiro atoms. The molecule has 2 amide bonds. The largest absolute Gasteiger partial charge is 0.352 e. The molecule has 124 valence electrons. The fourth-order valence-electron chi connectivity index (χ4n) is 3.42. The average Bonchev–Trinajstić information content (AvgIpc) is 3.33. The van der Waals surface area contributed by atoms with Crippen molar-refractivity contribution in [1.82, 2.24) is 20.4 Å². The fraction of sp³-hybridized carbons (Fsp3) is 0.647. The summed E-state index contributed by atoms with van der Waals surface area (Å²) in [6.07, 6.45) is 10.0. The summed E-state index contributed by atoms with van der Waals surface area (Å²) in [5, 5.41) is 10.8. The van der Waals surface area contributed by atoms with Gasteiger partial charge in [0.1, 0.15) is 0 Å². The lowest BCUT2D eigenvalue weighted by Gasteiger charge is -2.35. The van der Waals surface area contributed by atoms with Gasteiger partial charge in [0.15, 0.2) is 5.82 Å². The van der Waals surface area contributed by atoms with Crippen LogP contribution in [0.1, 0.15) is 43.7 Å². The minimum absolute atomic E-state index is 0.0886. The van der Waals surface area contributed by atoms with Gasteiger partial charge in [0.25, 0.3) is 0 Å². The summed E-state index contributed by atoms with van der Waals surface area (Å²) in [4.78, 5) is 16.6. The monoisotopic (exact) mass is 315 g/mol. The van der Waals surface area contributed by atoms with Crippen LogP contribution in [0.5, 0.6) is 0 Å². The summed E-state index contributed by atoms with van der Waals surface area (Å²) >= 11 is 0. The zero-order valence-corrected chi connectivity index (χ0v) is 13.5. The maximum atomic E-state index is 12.4. The van der Waals surface area contributed by atoms with Crippen LogP contribution in [-0.2, 0) is 0 Å². The lowest BCUT2D eigenvalue weighted by Crippen LogP contribution is -2.53. The van der Waals surface area contributed by atoms with Gasteiger partial charge in [0, 0.05) is 49.9 Å². The number of anilines is 1. The number of carbonyl (C=O) groups is 1. The first-order valence-corrected chi connectivity index (χ1v) is 8.80. The molecule has 0 bridgehead atoms. The van der Waals surface area contributed by atoms with Crippen LogP contribution in [0.4, 0.5) is 10.6 Å². The molecule has 2 N–H and O–H groups in total. The average molecular weight is 315 g/mol. The van der Waals surface area contributed by atoms with Crippen molar-refractivity contribution in [3.05, 3.63) is 23.9 Å². The van der Waals surface area contributed by atoms with Crippen LogP contribution < -0.4 is 10.2 Å². The van der Waals surface area contributed by atoms with Crippen molar-refractivity contribution in [3.8, 4) is 0 Å². The summed E-state index contributed by atoms with van der Waals surface area (Å²) < 4.78 is 0. The summed E-state index contributed by atoms with van der Waals surface area (Å²) in [5.41, 5.74) is 1.27. The first-order chi connectivity index (χ1) is 11.3. The normalized spacial score (nSPS) is 24.8. The van der Waals surface area contributed by atoms with Crippen molar-refractivity contribution in [2.75, 3.05) is 31.1 Å². The first kappa shape index (κ1) is 14.6. The van der Waals surface area contributed by atoms with Gasteiger partial charge in [0.2, 0.25) is 0 Å². The Bertz CT molecular complexity index is 584. The summed E-state index contributed by atoms with van der Waals surface area (Å²) in [7, 11) is 0.